The fourth-order valence-electron chi connectivity index (χ4n) is 0. The molecule has 0 heterocycles. The van der Waals surface area contributed by atoms with Crippen LogP contribution in [0, 0.1) is 0 Å². The Morgan fingerprint density at radius 1 is 2.00 bits per heavy atom. The monoisotopic (exact) mass is 86.0 g/mol. The van der Waals surface area contributed by atoms with Crippen LogP contribution in [-0.4, -0.2) is 10.5 Å². The highest BCUT2D eigenvalue weighted by Gasteiger charge is 1.66. The summed E-state index contributed by atoms with van der Waals surface area (Å²) < 4.78 is 4.14. The zero-order chi connectivity index (χ0) is 4.28. The van der Waals surface area contributed by atoms with Gasteiger partial charge < -0.3 is 10.2 Å². The standard InChI is InChI=1S/C2H4NOSi/c1-2(3)4-5/h1,3H2. The summed E-state index contributed by atoms with van der Waals surface area (Å²) in [6, 6.07) is 0. The van der Waals surface area contributed by atoms with Crippen LogP contribution in [0.5, 0.6) is 0 Å². The average Bonchev–Trinajstić information content (AvgIpc) is 1.38. The second kappa shape index (κ2) is 1.84. The quantitative estimate of drug-likeness (QED) is 0.345. The van der Waals surface area contributed by atoms with Gasteiger partial charge in [0.2, 0.25) is 0 Å². The third kappa shape index (κ3) is 3.56. The third-order valence-corrected chi connectivity index (χ3v) is 0.393. The van der Waals surface area contributed by atoms with Gasteiger partial charge >= 0.3 is 10.5 Å². The van der Waals surface area contributed by atoms with Crippen LogP contribution < -0.4 is 5.73 Å². The number of hydrogen-bond donors (Lipinski definition) is 1. The van der Waals surface area contributed by atoms with Crippen molar-refractivity contribution < 1.29 is 4.43 Å². The van der Waals surface area contributed by atoms with Crippen molar-refractivity contribution in [3.63, 3.8) is 0 Å². The van der Waals surface area contributed by atoms with Crippen molar-refractivity contribution in [3.05, 3.63) is 12.5 Å². The molecule has 0 bridgehead atoms. The molecule has 0 saturated heterocycles. The molecule has 0 saturated carbocycles. The first-order chi connectivity index (χ1) is 2.27. The van der Waals surface area contributed by atoms with Crippen LogP contribution in [0.15, 0.2) is 12.5 Å². The van der Waals surface area contributed by atoms with Gasteiger partial charge in [-0.1, -0.05) is 0 Å². The van der Waals surface area contributed by atoms with Crippen molar-refractivity contribution in [1.29, 1.82) is 0 Å². The van der Waals surface area contributed by atoms with E-state index in [1.54, 1.807) is 0 Å². The van der Waals surface area contributed by atoms with Crippen LogP contribution >= 0.6 is 0 Å². The smallest absolute Gasteiger partial charge is 0.343 e. The second-order valence-electron chi connectivity index (χ2n) is 0.568. The highest BCUT2D eigenvalue weighted by Crippen LogP contribution is 1.67. The molecule has 0 aliphatic carbocycles. The zero-order valence-electron chi connectivity index (χ0n) is 2.69. The third-order valence-electron chi connectivity index (χ3n) is 0.131. The minimum Gasteiger partial charge on any atom is -0.530 e. The lowest BCUT2D eigenvalue weighted by atomic mass is 11.0. The van der Waals surface area contributed by atoms with Gasteiger partial charge in [-0.05, 0) is 6.58 Å². The number of rotatable bonds is 1. The molecule has 3 heteroatoms. The molecule has 2 nitrogen and oxygen atoms in total. The lowest BCUT2D eigenvalue weighted by Gasteiger charge is -1.88. The predicted molar refractivity (Wildman–Crippen MR) is 20.2 cm³/mol. The maximum absolute atomic E-state index is 4.83. The van der Waals surface area contributed by atoms with Crippen LogP contribution in [0.25, 0.3) is 0 Å². The molecule has 0 fully saturated rings. The maximum Gasteiger partial charge on any atom is 0.343 e. The van der Waals surface area contributed by atoms with Crippen molar-refractivity contribution in [1.82, 2.24) is 0 Å². The van der Waals surface area contributed by atoms with E-state index in [0.29, 0.717) is 0 Å². The van der Waals surface area contributed by atoms with Crippen molar-refractivity contribution in [2.24, 2.45) is 5.73 Å². The normalized spacial score (nSPS) is 6.60. The molecule has 0 aromatic carbocycles. The Kier molecular flexibility index (Phi) is 1.68. The molecule has 5 heavy (non-hydrogen) atoms. The molecule has 3 radical (unpaired) electrons. The molecular weight excluding hydrogens is 82.1 g/mol. The van der Waals surface area contributed by atoms with Crippen LogP contribution in [0.1, 0.15) is 0 Å². The minimum absolute atomic E-state index is 0.168. The van der Waals surface area contributed by atoms with E-state index >= 15 is 0 Å². The summed E-state index contributed by atoms with van der Waals surface area (Å²) in [5, 5.41) is 0. The van der Waals surface area contributed by atoms with Crippen LogP contribution in [0.2, 0.25) is 0 Å². The first kappa shape index (κ1) is 4.56. The molecule has 0 atom stereocenters. The molecule has 0 aliphatic rings. The summed E-state index contributed by atoms with van der Waals surface area (Å²) in [5.74, 6) is 0.168. The summed E-state index contributed by atoms with van der Waals surface area (Å²) >= 11 is 0. The Bertz CT molecular complexity index is 44.9. The predicted octanol–water partition coefficient (Wildman–Crippen LogP) is -0.484. The van der Waals surface area contributed by atoms with Crippen molar-refractivity contribution in [2.45, 2.75) is 0 Å². The second-order valence-corrected chi connectivity index (χ2v) is 0.772. The SMILES string of the molecule is C=C(N)O[Si]. The van der Waals surface area contributed by atoms with Gasteiger partial charge in [0.05, 0.1) is 0 Å². The fourth-order valence-corrected chi connectivity index (χ4v) is 0. The molecule has 0 rings (SSSR count). The van der Waals surface area contributed by atoms with Crippen LogP contribution in [0.3, 0.4) is 0 Å². The molecular formula is C2H4NOSi. The Morgan fingerprint density at radius 2 is 2.20 bits per heavy atom. The van der Waals surface area contributed by atoms with E-state index in [2.05, 4.69) is 21.5 Å². The van der Waals surface area contributed by atoms with Gasteiger partial charge in [0.25, 0.3) is 0 Å². The van der Waals surface area contributed by atoms with Crippen molar-refractivity contribution in [2.75, 3.05) is 0 Å². The van der Waals surface area contributed by atoms with E-state index in [1.807, 2.05) is 0 Å². The number of hydrogen-bond acceptors (Lipinski definition) is 2. The van der Waals surface area contributed by atoms with Crippen LogP contribution in [0.4, 0.5) is 0 Å². The Balaban J connectivity index is 2.85. The number of nitrogens with two attached hydrogens (primary N) is 1. The summed E-state index contributed by atoms with van der Waals surface area (Å²) in [6.07, 6.45) is 0. The van der Waals surface area contributed by atoms with E-state index in [1.165, 1.54) is 0 Å². The van der Waals surface area contributed by atoms with Crippen molar-refractivity contribution >= 4 is 10.5 Å². The lowest BCUT2D eigenvalue weighted by Crippen LogP contribution is -1.95. The van der Waals surface area contributed by atoms with Gasteiger partial charge in [-0.2, -0.15) is 0 Å². The minimum atomic E-state index is 0.168. The zero-order valence-corrected chi connectivity index (χ0v) is 3.69. The molecule has 0 aromatic heterocycles. The summed E-state index contributed by atoms with van der Waals surface area (Å²) in [5.41, 5.74) is 4.83. The molecule has 0 aromatic rings. The van der Waals surface area contributed by atoms with Gasteiger partial charge in [0.1, 0.15) is 0 Å². The van der Waals surface area contributed by atoms with E-state index < -0.39 is 0 Å². The lowest BCUT2D eigenvalue weighted by molar-refractivity contribution is 0.467. The van der Waals surface area contributed by atoms with Crippen LogP contribution in [-0.2, 0) is 4.43 Å². The first-order valence-electron chi connectivity index (χ1n) is 1.05. The maximum atomic E-state index is 4.83. The Hall–Kier alpha value is -0.443. The van der Waals surface area contributed by atoms with Gasteiger partial charge in [-0.15, -0.1) is 0 Å². The summed E-state index contributed by atoms with van der Waals surface area (Å²) in [4.78, 5) is 0. The van der Waals surface area contributed by atoms with Gasteiger partial charge in [0.15, 0.2) is 5.88 Å². The highest BCUT2D eigenvalue weighted by molar-refractivity contribution is 5.98. The first-order valence-corrected chi connectivity index (χ1v) is 1.46. The topological polar surface area (TPSA) is 35.2 Å². The highest BCUT2D eigenvalue weighted by atomic mass is 28.2. The molecule has 0 amide bonds. The Morgan fingerprint density at radius 3 is 2.20 bits per heavy atom. The fraction of sp³-hybridized carbons (Fsp3) is 0. The summed E-state index contributed by atoms with van der Waals surface area (Å²) in [7, 11) is 2.63. The van der Waals surface area contributed by atoms with Crippen molar-refractivity contribution in [3.8, 4) is 0 Å². The van der Waals surface area contributed by atoms with E-state index in [-0.39, 0.29) is 5.88 Å². The molecule has 2 N–H and O–H groups in total. The average molecular weight is 86.1 g/mol. The van der Waals surface area contributed by atoms with Gasteiger partial charge in [-0.25, -0.2) is 0 Å². The molecule has 0 aliphatic heterocycles. The van der Waals surface area contributed by atoms with Gasteiger partial charge in [-0.3, -0.25) is 0 Å². The van der Waals surface area contributed by atoms with E-state index in [4.69, 9.17) is 5.73 Å². The van der Waals surface area contributed by atoms with E-state index in [0.717, 1.165) is 0 Å². The van der Waals surface area contributed by atoms with E-state index in [9.17, 15) is 0 Å². The van der Waals surface area contributed by atoms with Gasteiger partial charge in [0, 0.05) is 0 Å². The summed E-state index contributed by atoms with van der Waals surface area (Å²) in [6.45, 7) is 3.18. The largest absolute Gasteiger partial charge is 0.530 e. The molecule has 0 spiro atoms. The molecule has 0 unspecified atom stereocenters. The molecule has 27 valence electrons. The Labute approximate surface area is 34.2 Å².